The van der Waals surface area contributed by atoms with Crippen LogP contribution in [0.25, 0.3) is 5.65 Å². The summed E-state index contributed by atoms with van der Waals surface area (Å²) >= 11 is 21.8. The summed E-state index contributed by atoms with van der Waals surface area (Å²) in [5.41, 5.74) is 4.60. The van der Waals surface area contributed by atoms with Crippen LogP contribution >= 0.6 is 41.3 Å². The normalized spacial score (nSPS) is 20.2. The molecule has 0 unspecified atom stereocenters. The number of fused-ring (bicyclic) bond motifs is 1. The van der Waals surface area contributed by atoms with E-state index in [0.717, 1.165) is 59.3 Å². The predicted octanol–water partition coefficient (Wildman–Crippen LogP) is -1.68. The third-order valence-corrected chi connectivity index (χ3v) is 18.6. The average Bonchev–Trinajstić information content (AvgIpc) is 1.80. The first kappa shape index (κ1) is 75.5. The topological polar surface area (TPSA) is 479 Å². The lowest BCUT2D eigenvalue weighted by Gasteiger charge is -2.40. The maximum Gasteiger partial charge on any atom is 0.352 e. The fraction of sp³-hybridized carbons (Fsp3) is 0.800. The summed E-state index contributed by atoms with van der Waals surface area (Å²) in [6, 6.07) is -3.15. The lowest BCUT2D eigenvalue weighted by molar-refractivity contribution is -0.252. The minimum atomic E-state index is -3.40. The van der Waals surface area contributed by atoms with Gasteiger partial charge >= 0.3 is 23.8 Å². The van der Waals surface area contributed by atoms with E-state index in [1.54, 1.807) is 0 Å². The number of aryl methyl sites for hydroxylation is 1. The minimum Gasteiger partial charge on any atom is -0.394 e. The highest BCUT2D eigenvalue weighted by Gasteiger charge is 2.51. The first-order valence-electron chi connectivity index (χ1n) is 25.4. The van der Waals surface area contributed by atoms with E-state index in [1.165, 1.54) is 59.1 Å². The summed E-state index contributed by atoms with van der Waals surface area (Å²) in [4.78, 5) is 90.1. The van der Waals surface area contributed by atoms with E-state index >= 15 is 0 Å². The molecule has 4 saturated heterocycles. The van der Waals surface area contributed by atoms with Crippen molar-refractivity contribution in [2.45, 2.75) is 81.6 Å². The summed E-state index contributed by atoms with van der Waals surface area (Å²) in [6.07, 6.45) is 3.59. The second-order valence-electron chi connectivity index (χ2n) is 18.1. The van der Waals surface area contributed by atoms with Gasteiger partial charge in [-0.25, -0.2) is 42.6 Å². The number of primary amides is 1. The quantitative estimate of drug-likeness (QED) is 0.0117. The van der Waals surface area contributed by atoms with Gasteiger partial charge < -0.3 is 46.8 Å². The van der Waals surface area contributed by atoms with Crippen LogP contribution in [0, 0.1) is 14.7 Å². The molecule has 0 spiro atoms. The highest BCUT2D eigenvalue weighted by Crippen LogP contribution is 2.65. The van der Waals surface area contributed by atoms with Gasteiger partial charge in [0, 0.05) is 83.6 Å². The summed E-state index contributed by atoms with van der Waals surface area (Å²) < 4.78 is 65.1. The number of halogens is 3. The van der Waals surface area contributed by atoms with Crippen LogP contribution in [0.3, 0.4) is 0 Å². The van der Waals surface area contributed by atoms with Crippen molar-refractivity contribution in [1.29, 1.82) is 0 Å². The molecule has 7 rings (SSSR count). The molecule has 0 radical (unpaired) electrons. The molecular weight excluding hydrogens is 1270 g/mol. The number of carbonyl (C=O) groups is 4. The lowest BCUT2D eigenvalue weighted by Crippen LogP contribution is -2.64. The Hall–Kier alpha value is -4.62. The van der Waals surface area contributed by atoms with Gasteiger partial charge in [-0.05, 0) is 37.5 Å². The van der Waals surface area contributed by atoms with Crippen LogP contribution in [-0.4, -0.2) is 267 Å². The molecule has 1 saturated carbocycles. The van der Waals surface area contributed by atoms with Crippen LogP contribution in [0.2, 0.25) is 0 Å². The van der Waals surface area contributed by atoms with Gasteiger partial charge in [-0.3, -0.25) is 13.2 Å². The highest BCUT2D eigenvalue weighted by atomic mass is 35.5. The number of ether oxygens (including phenoxy) is 1. The Morgan fingerprint density at radius 3 is 1.73 bits per heavy atom. The van der Waals surface area contributed by atoms with E-state index in [1.807, 2.05) is 0 Å². The fourth-order valence-corrected chi connectivity index (χ4v) is 12.5. The summed E-state index contributed by atoms with van der Waals surface area (Å²) in [6.45, 7) is 6.30. The Bertz CT molecular complexity index is 2700. The molecule has 44 heteroatoms. The van der Waals surface area contributed by atoms with Crippen LogP contribution in [0.1, 0.15) is 55.4 Å². The summed E-state index contributed by atoms with van der Waals surface area (Å²) in [5.74, 6) is -0.0709. The number of unbranched alkanes of at least 4 members (excludes halogenated alkanes) is 1. The number of nitrogens with two attached hydrogens (primary N) is 1. The van der Waals surface area contributed by atoms with Crippen molar-refractivity contribution in [2.24, 2.45) is 28.6 Å². The zero-order valence-electron chi connectivity index (χ0n) is 46.2. The number of hydrogen-bond acceptors (Lipinski definition) is 26. The van der Waals surface area contributed by atoms with Gasteiger partial charge in [-0.15, -0.1) is 54.6 Å². The maximum absolute atomic E-state index is 11.5. The first-order chi connectivity index (χ1) is 39.6. The lowest BCUT2D eigenvalue weighted by atomic mass is 9.96. The summed E-state index contributed by atoms with van der Waals surface area (Å²) in [5, 5.41) is 61.3. The molecular formula is C40H72Cl3N18O19PS3. The number of aliphatic hydroxyl groups is 4. The minimum absolute atomic E-state index is 0.0476. The third kappa shape index (κ3) is 27.0. The van der Waals surface area contributed by atoms with Crippen LogP contribution in [0.4, 0.5) is 14.4 Å². The molecule has 6 heterocycles. The number of aromatic nitrogens is 5. The van der Waals surface area contributed by atoms with E-state index in [0.29, 0.717) is 35.3 Å². The van der Waals surface area contributed by atoms with Crippen LogP contribution < -0.4 is 27.4 Å². The van der Waals surface area contributed by atoms with Crippen LogP contribution in [-0.2, 0) is 52.2 Å². The fourth-order valence-electron chi connectivity index (χ4n) is 6.92. The molecule has 5 aliphatic rings. The smallest absolute Gasteiger partial charge is 0.352 e. The van der Waals surface area contributed by atoms with Gasteiger partial charge in [0.2, 0.25) is 0 Å². The number of urea groups is 3. The third-order valence-electron chi connectivity index (χ3n) is 11.4. The van der Waals surface area contributed by atoms with Gasteiger partial charge in [0.25, 0.3) is 26.1 Å². The van der Waals surface area contributed by atoms with E-state index < -0.39 is 93.7 Å². The van der Waals surface area contributed by atoms with Gasteiger partial charge in [-0.2, -0.15) is 36.5 Å². The predicted molar refractivity (Wildman–Crippen MR) is 306 cm³/mol. The molecule has 37 nitrogen and oxygen atoms in total. The Kier molecular flexibility index (Phi) is 34.0. The van der Waals surface area contributed by atoms with Crippen LogP contribution in [0.15, 0.2) is 27.0 Å². The number of nitrogens with one attached hydrogen (secondary N) is 3. The molecule has 480 valence electrons. The number of carbonyl (C=O) groups excluding carboxylic acids is 4. The molecule has 0 aromatic carbocycles. The number of amides is 7. The van der Waals surface area contributed by atoms with E-state index in [9.17, 15) is 70.8 Å². The van der Waals surface area contributed by atoms with Crippen molar-refractivity contribution < 1.29 is 69.5 Å². The Morgan fingerprint density at radius 1 is 0.810 bits per heavy atom. The number of alkyl halides is 3. The number of nitrogens with zero attached hydrogens (tertiary/aromatic N) is 14. The standard InChI is InChI=1S/C9H16ClN3O2.C8H15N3O7.C6H6N6O2.C6H12N3PS.C6H14O6S2.C5H9Cl2N3O2/c10-6-7-13(12-15)9(14)11-8-4-2-1-3-5-8;1-11(10-17)8(16)9-4-6(14)5(13)3(2-12)18-7(4)15;1-11-6(14)12-2-8-3(4(7)13)5(12)9-10-11;11-10(7-1-2-7,8-3-4-8)9-5-6-9;1-13(7,8)11-5-3-4-6-12-14(2,9)10;6-1-3-8-5(11)10(9-12)4-2-7/h8H,1-7H2,(H,11,14);3-7,12-15H,2H2,1H3,(H,9,16);2H,1H3,(H2,7,13);1-6H2;3-6H2,1-2H3;1-4H2,(H,8,11)/t;3-,4-,5-,6-,7+;;;;/m.1..../s1. The SMILES string of the molecule is CN(N=O)C(=O)N[C@@H]1[C@@H](O)[C@H](O)[C@@H](CO)O[C@@H]1O.CS(=O)(=O)OCCCCOS(C)(=O)=O.Cn1nnc2c(C(N)=O)ncn2c1=O.O=NN(CCCl)C(=O)NC1CCCCC1.O=NN(CCCl)C(=O)NCCCl.S=P(N1CC1)(N1CC1)N1CC1. The van der Waals surface area contributed by atoms with E-state index in [-0.39, 0.29) is 55.4 Å². The highest BCUT2D eigenvalue weighted by molar-refractivity contribution is 8.11. The number of rotatable bonds is 23. The molecule has 2 aromatic heterocycles. The Morgan fingerprint density at radius 2 is 1.31 bits per heavy atom. The second kappa shape index (κ2) is 37.8. The second-order valence-corrected chi connectivity index (χ2v) is 26.7. The molecule has 2 aromatic rings. The van der Waals surface area contributed by atoms with E-state index in [4.69, 9.17) is 62.2 Å². The molecule has 9 N–H and O–H groups in total. The molecule has 84 heavy (non-hydrogen) atoms. The zero-order chi connectivity index (χ0) is 63.4. The van der Waals surface area contributed by atoms with Gasteiger partial charge in [-0.1, -0.05) is 24.5 Å². The van der Waals surface area contributed by atoms with Gasteiger partial charge in [0.1, 0.15) is 37.2 Å². The molecule has 5 fully saturated rings. The number of aliphatic hydroxyl groups excluding tert-OH is 4. The van der Waals surface area contributed by atoms with Crippen molar-refractivity contribution in [2.75, 3.05) is 116 Å². The molecule has 5 atom stereocenters. The number of hydrogen-bond donors (Lipinski definition) is 8. The van der Waals surface area contributed by atoms with Crippen molar-refractivity contribution in [3.05, 3.63) is 37.2 Å². The zero-order valence-corrected chi connectivity index (χ0v) is 51.8. The summed E-state index contributed by atoms with van der Waals surface area (Å²) in [7, 11) is -4.29. The number of nitroso groups, excluding NO2 is 3. The van der Waals surface area contributed by atoms with Gasteiger partial charge in [0.15, 0.2) is 17.6 Å². The largest absolute Gasteiger partial charge is 0.394 e. The molecule has 1 aliphatic carbocycles. The average molecular weight is 1340 g/mol. The maximum atomic E-state index is 11.5. The van der Waals surface area contributed by atoms with Crippen molar-refractivity contribution in [1.82, 2.24) is 69.4 Å². The van der Waals surface area contributed by atoms with E-state index in [2.05, 4.69) is 69.5 Å². The molecule has 7 amide bonds. The molecule has 4 aliphatic heterocycles. The van der Waals surface area contributed by atoms with Gasteiger partial charge in [0.05, 0.1) is 61.3 Å². The van der Waals surface area contributed by atoms with Crippen molar-refractivity contribution in [3.63, 3.8) is 0 Å². The number of imidazole rings is 1. The Balaban J connectivity index is 0.000000346. The first-order valence-corrected chi connectivity index (χ1v) is 33.3. The molecule has 0 bridgehead atoms. The van der Waals surface area contributed by atoms with Crippen molar-refractivity contribution in [3.8, 4) is 0 Å². The monoisotopic (exact) mass is 1340 g/mol. The Labute approximate surface area is 502 Å². The van der Waals surface area contributed by atoms with Crippen molar-refractivity contribution >= 4 is 103 Å². The van der Waals surface area contributed by atoms with Crippen LogP contribution in [0.5, 0.6) is 0 Å².